The van der Waals surface area contributed by atoms with Crippen molar-refractivity contribution in [3.05, 3.63) is 5.82 Å². The van der Waals surface area contributed by atoms with Crippen LogP contribution in [0, 0.1) is 0 Å². The second-order valence-corrected chi connectivity index (χ2v) is 4.68. The predicted octanol–water partition coefficient (Wildman–Crippen LogP) is 4.03. The quantitative estimate of drug-likeness (QED) is 0.683. The maximum absolute atomic E-state index is 13.3. The summed E-state index contributed by atoms with van der Waals surface area (Å²) in [5, 5.41) is 7.20. The van der Waals surface area contributed by atoms with E-state index in [1.165, 1.54) is 0 Å². The Hall–Kier alpha value is -1.98. The molecule has 27 heavy (non-hydrogen) atoms. The number of tetrazole rings is 1. The van der Waals surface area contributed by atoms with Gasteiger partial charge >= 0.3 is 41.7 Å². The average Bonchev–Trinajstić information content (AvgIpc) is 2.99. The topological polar surface area (TPSA) is 54.5 Å². The number of alkyl halides is 15. The normalized spacial score (nSPS) is 16.0. The zero-order valence-corrected chi connectivity index (χ0v) is 11.5. The molecule has 0 amide bonds. The number of H-pyrrole nitrogens is 1. The van der Waals surface area contributed by atoms with Crippen LogP contribution < -0.4 is 0 Å². The lowest BCUT2D eigenvalue weighted by Crippen LogP contribution is -2.72. The summed E-state index contributed by atoms with van der Waals surface area (Å²) >= 11 is 0. The molecule has 0 atom stereocenters. The number of hydrogen-bond donors (Lipinski definition) is 1. The first-order valence-corrected chi connectivity index (χ1v) is 5.68. The number of aromatic nitrogens is 4. The smallest absolute Gasteiger partial charge is 0.192 e. The summed E-state index contributed by atoms with van der Waals surface area (Å²) in [6.45, 7) is 0. The van der Waals surface area contributed by atoms with Crippen molar-refractivity contribution < 1.29 is 65.9 Å². The lowest BCUT2D eigenvalue weighted by molar-refractivity contribution is -0.454. The highest BCUT2D eigenvalue weighted by Crippen LogP contribution is 2.63. The van der Waals surface area contributed by atoms with Gasteiger partial charge in [-0.1, -0.05) is 0 Å². The van der Waals surface area contributed by atoms with Gasteiger partial charge in [0, 0.05) is 0 Å². The van der Waals surface area contributed by atoms with Crippen LogP contribution in [0.4, 0.5) is 65.9 Å². The first-order chi connectivity index (χ1) is 11.6. The summed E-state index contributed by atoms with van der Waals surface area (Å²) in [5.41, 5.74) is 0. The number of nitrogens with zero attached hydrogens (tertiary/aromatic N) is 3. The maximum atomic E-state index is 13.3. The molecular formula is C8HF15N4. The second kappa shape index (κ2) is 5.76. The van der Waals surface area contributed by atoms with Crippen LogP contribution in [0.25, 0.3) is 0 Å². The van der Waals surface area contributed by atoms with E-state index in [-0.39, 0.29) is 0 Å². The zero-order valence-electron chi connectivity index (χ0n) is 11.5. The van der Waals surface area contributed by atoms with E-state index < -0.39 is 47.5 Å². The molecule has 1 rings (SSSR count). The summed E-state index contributed by atoms with van der Waals surface area (Å²) in [7, 11) is 0. The van der Waals surface area contributed by atoms with E-state index in [1.54, 1.807) is 0 Å². The Morgan fingerprint density at radius 1 is 0.519 bits per heavy atom. The van der Waals surface area contributed by atoms with E-state index in [9.17, 15) is 65.9 Å². The van der Waals surface area contributed by atoms with Crippen LogP contribution in [0.15, 0.2) is 0 Å². The Bertz CT molecular complexity index is 660. The molecule has 0 bridgehead atoms. The Morgan fingerprint density at radius 2 is 0.889 bits per heavy atom. The van der Waals surface area contributed by atoms with Crippen LogP contribution in [0.5, 0.6) is 0 Å². The minimum atomic E-state index is -8.34. The van der Waals surface area contributed by atoms with Gasteiger partial charge < -0.3 is 0 Å². The molecule has 1 aromatic heterocycles. The molecule has 0 spiro atoms. The van der Waals surface area contributed by atoms with E-state index in [0.29, 0.717) is 0 Å². The maximum Gasteiger partial charge on any atom is 0.460 e. The lowest BCUT2D eigenvalue weighted by atomic mass is 9.91. The minimum Gasteiger partial charge on any atom is -0.192 e. The largest absolute Gasteiger partial charge is 0.460 e. The number of rotatable bonds is 6. The van der Waals surface area contributed by atoms with Gasteiger partial charge in [-0.25, -0.2) is 0 Å². The summed E-state index contributed by atoms with van der Waals surface area (Å²) < 4.78 is 192. The average molecular weight is 438 g/mol. The van der Waals surface area contributed by atoms with E-state index in [0.717, 1.165) is 5.21 Å². The molecule has 0 aliphatic carbocycles. The Kier molecular flexibility index (Phi) is 4.92. The molecule has 4 nitrogen and oxygen atoms in total. The van der Waals surface area contributed by atoms with Crippen LogP contribution in [0.3, 0.4) is 0 Å². The van der Waals surface area contributed by atoms with Gasteiger partial charge in [-0.15, -0.1) is 10.2 Å². The highest BCUT2D eigenvalue weighted by molar-refractivity contribution is 5.15. The Labute approximate surface area is 135 Å². The van der Waals surface area contributed by atoms with Gasteiger partial charge in [-0.2, -0.15) is 71.1 Å². The van der Waals surface area contributed by atoms with E-state index in [1.807, 2.05) is 10.2 Å². The van der Waals surface area contributed by atoms with Crippen molar-refractivity contribution in [3.63, 3.8) is 0 Å². The standard InChI is InChI=1S/C8HF15N4/c9-2(10,1-24-26-27-25-1)3(11,12)4(13,14)5(15,16)6(17,18)7(19,20)8(21,22)23/h(H,24,25,26,27). The van der Waals surface area contributed by atoms with Gasteiger partial charge in [-0.05, 0) is 5.21 Å². The number of nitrogens with one attached hydrogen (secondary N) is 1. The van der Waals surface area contributed by atoms with Gasteiger partial charge in [0.15, 0.2) is 0 Å². The second-order valence-electron chi connectivity index (χ2n) is 4.68. The minimum absolute atomic E-state index is 0.999. The third-order valence-electron chi connectivity index (χ3n) is 2.95. The van der Waals surface area contributed by atoms with Crippen molar-refractivity contribution in [2.45, 2.75) is 41.7 Å². The molecule has 0 unspecified atom stereocenters. The predicted molar refractivity (Wildman–Crippen MR) is 48.9 cm³/mol. The van der Waals surface area contributed by atoms with E-state index in [2.05, 4.69) is 5.21 Å². The third kappa shape index (κ3) is 2.75. The number of halogens is 15. The lowest BCUT2D eigenvalue weighted by Gasteiger charge is -2.40. The number of aromatic amines is 1. The molecule has 1 aromatic rings. The summed E-state index contributed by atoms with van der Waals surface area (Å²) in [6.07, 6.45) is -7.64. The van der Waals surface area contributed by atoms with Gasteiger partial charge in [0.25, 0.3) is 0 Å². The molecule has 158 valence electrons. The van der Waals surface area contributed by atoms with Crippen LogP contribution in [0.1, 0.15) is 5.82 Å². The molecule has 1 N–H and O–H groups in total. The fraction of sp³-hybridized carbons (Fsp3) is 0.875. The van der Waals surface area contributed by atoms with Crippen LogP contribution >= 0.6 is 0 Å². The van der Waals surface area contributed by atoms with E-state index >= 15 is 0 Å². The van der Waals surface area contributed by atoms with Crippen molar-refractivity contribution in [2.75, 3.05) is 0 Å². The molecule has 0 radical (unpaired) electrons. The SMILES string of the molecule is FC(F)(F)C(F)(F)C(F)(F)C(F)(F)C(F)(F)C(F)(F)C(F)(F)c1nn[nH]n1. The van der Waals surface area contributed by atoms with Crippen molar-refractivity contribution in [3.8, 4) is 0 Å². The van der Waals surface area contributed by atoms with Gasteiger partial charge in [0.2, 0.25) is 5.82 Å². The Balaban J connectivity index is 3.60. The van der Waals surface area contributed by atoms with Crippen molar-refractivity contribution in [1.29, 1.82) is 0 Å². The van der Waals surface area contributed by atoms with Crippen molar-refractivity contribution in [2.24, 2.45) is 0 Å². The Morgan fingerprint density at radius 3 is 1.22 bits per heavy atom. The van der Waals surface area contributed by atoms with Gasteiger partial charge in [0.1, 0.15) is 0 Å². The van der Waals surface area contributed by atoms with Crippen molar-refractivity contribution in [1.82, 2.24) is 20.6 Å². The fourth-order valence-corrected chi connectivity index (χ4v) is 1.40. The van der Waals surface area contributed by atoms with Crippen LogP contribution in [-0.2, 0) is 5.92 Å². The zero-order chi connectivity index (χ0) is 21.9. The molecule has 0 aliphatic rings. The molecule has 0 saturated carbocycles. The summed E-state index contributed by atoms with van der Waals surface area (Å²) in [6, 6.07) is 0. The molecule has 1 heterocycles. The van der Waals surface area contributed by atoms with Gasteiger partial charge in [0.05, 0.1) is 0 Å². The van der Waals surface area contributed by atoms with E-state index in [4.69, 9.17) is 0 Å². The fourth-order valence-electron chi connectivity index (χ4n) is 1.40. The molecule has 0 fully saturated rings. The first kappa shape index (κ1) is 23.1. The highest BCUT2D eigenvalue weighted by atomic mass is 19.4. The van der Waals surface area contributed by atoms with Crippen LogP contribution in [-0.4, -0.2) is 56.4 Å². The molecule has 0 aliphatic heterocycles. The monoisotopic (exact) mass is 438 g/mol. The number of hydrogen-bond acceptors (Lipinski definition) is 3. The molecule has 0 saturated heterocycles. The third-order valence-corrected chi connectivity index (χ3v) is 2.95. The van der Waals surface area contributed by atoms with Crippen LogP contribution in [0.2, 0.25) is 0 Å². The highest BCUT2D eigenvalue weighted by Gasteiger charge is 2.93. The van der Waals surface area contributed by atoms with Crippen molar-refractivity contribution >= 4 is 0 Å². The summed E-state index contributed by atoms with van der Waals surface area (Å²) in [5.74, 6) is -49.9. The molecular weight excluding hydrogens is 437 g/mol. The molecule has 19 heteroatoms. The summed E-state index contributed by atoms with van der Waals surface area (Å²) in [4.78, 5) is 0. The molecule has 0 aromatic carbocycles. The van der Waals surface area contributed by atoms with Gasteiger partial charge in [-0.3, -0.25) is 0 Å². The first-order valence-electron chi connectivity index (χ1n) is 5.68.